The van der Waals surface area contributed by atoms with Crippen molar-refractivity contribution in [1.29, 1.82) is 0 Å². The molecule has 2 rings (SSSR count). The maximum atomic E-state index is 13.8. The van der Waals surface area contributed by atoms with Gasteiger partial charge in [0.05, 0.1) is 17.9 Å². The maximum absolute atomic E-state index is 13.8. The summed E-state index contributed by atoms with van der Waals surface area (Å²) in [6.45, 7) is 4.22. The number of carbonyl (C=O) groups is 1. The molecular formula is C13H16F2N2O2. The second-order valence-corrected chi connectivity index (χ2v) is 4.79. The lowest BCUT2D eigenvalue weighted by atomic mass is 10.1. The highest BCUT2D eigenvalue weighted by Gasteiger charge is 2.30. The van der Waals surface area contributed by atoms with Gasteiger partial charge in [0.1, 0.15) is 11.4 Å². The van der Waals surface area contributed by atoms with E-state index in [0.717, 1.165) is 12.1 Å². The summed E-state index contributed by atoms with van der Waals surface area (Å²) in [6, 6.07) is 2.10. The van der Waals surface area contributed by atoms with Crippen molar-refractivity contribution < 1.29 is 18.3 Å². The van der Waals surface area contributed by atoms with Crippen molar-refractivity contribution in [3.05, 3.63) is 29.3 Å². The molecule has 0 bridgehead atoms. The number of benzene rings is 1. The van der Waals surface area contributed by atoms with Gasteiger partial charge in [-0.05, 0) is 26.0 Å². The van der Waals surface area contributed by atoms with Crippen LogP contribution >= 0.6 is 0 Å². The van der Waals surface area contributed by atoms with Gasteiger partial charge in [-0.1, -0.05) is 0 Å². The van der Waals surface area contributed by atoms with E-state index in [-0.39, 0.29) is 17.9 Å². The molecule has 2 unspecified atom stereocenters. The number of hydrogen-bond donors (Lipinski definition) is 1. The minimum Gasteiger partial charge on any atom is -0.396 e. The molecule has 0 aromatic heterocycles. The van der Waals surface area contributed by atoms with Gasteiger partial charge in [-0.15, -0.1) is 0 Å². The van der Waals surface area contributed by atoms with Gasteiger partial charge in [0, 0.05) is 13.1 Å². The molecule has 1 fully saturated rings. The van der Waals surface area contributed by atoms with E-state index in [1.807, 2.05) is 13.8 Å². The molecule has 1 saturated heterocycles. The molecule has 0 spiro atoms. The molecule has 2 atom stereocenters. The number of rotatable bonds is 1. The third kappa shape index (κ3) is 2.68. The average molecular weight is 270 g/mol. The molecule has 19 heavy (non-hydrogen) atoms. The summed E-state index contributed by atoms with van der Waals surface area (Å²) in [5.41, 5.74) is 4.54. The first kappa shape index (κ1) is 13.7. The SMILES string of the molecule is CC1CN(C(=O)c2c(F)ccc(N)c2F)CC(C)O1. The number of nitrogens with zero attached hydrogens (tertiary/aromatic N) is 1. The van der Waals surface area contributed by atoms with E-state index in [1.54, 1.807) is 0 Å². The number of nitrogens with two attached hydrogens (primary N) is 1. The van der Waals surface area contributed by atoms with Crippen LogP contribution in [0.25, 0.3) is 0 Å². The molecule has 2 N–H and O–H groups in total. The van der Waals surface area contributed by atoms with E-state index >= 15 is 0 Å². The summed E-state index contributed by atoms with van der Waals surface area (Å²) in [5, 5.41) is 0. The molecule has 1 aliphatic rings. The monoisotopic (exact) mass is 270 g/mol. The van der Waals surface area contributed by atoms with Crippen LogP contribution in [0.4, 0.5) is 14.5 Å². The Morgan fingerprint density at radius 3 is 2.47 bits per heavy atom. The Bertz CT molecular complexity index is 498. The summed E-state index contributed by atoms with van der Waals surface area (Å²) in [7, 11) is 0. The van der Waals surface area contributed by atoms with Gasteiger partial charge in [0.2, 0.25) is 0 Å². The highest BCUT2D eigenvalue weighted by Crippen LogP contribution is 2.22. The Hall–Kier alpha value is -1.69. The largest absolute Gasteiger partial charge is 0.396 e. The van der Waals surface area contributed by atoms with E-state index in [0.29, 0.717) is 13.1 Å². The summed E-state index contributed by atoms with van der Waals surface area (Å²) < 4.78 is 33.0. The van der Waals surface area contributed by atoms with Crippen LogP contribution in [0.15, 0.2) is 12.1 Å². The molecular weight excluding hydrogens is 254 g/mol. The lowest BCUT2D eigenvalue weighted by Crippen LogP contribution is -2.48. The number of amides is 1. The first-order valence-corrected chi connectivity index (χ1v) is 6.08. The Kier molecular flexibility index (Phi) is 3.71. The van der Waals surface area contributed by atoms with Crippen LogP contribution in [-0.4, -0.2) is 36.1 Å². The predicted octanol–water partition coefficient (Wildman–Crippen LogP) is 1.80. The van der Waals surface area contributed by atoms with Crippen LogP contribution in [0.3, 0.4) is 0 Å². The van der Waals surface area contributed by atoms with Crippen LogP contribution < -0.4 is 5.73 Å². The molecule has 0 aliphatic carbocycles. The van der Waals surface area contributed by atoms with Crippen LogP contribution in [0.1, 0.15) is 24.2 Å². The van der Waals surface area contributed by atoms with Gasteiger partial charge in [0.25, 0.3) is 5.91 Å². The maximum Gasteiger partial charge on any atom is 0.260 e. The number of nitrogen functional groups attached to an aromatic ring is 1. The number of morpholine rings is 1. The fourth-order valence-electron chi connectivity index (χ4n) is 2.27. The normalized spacial score (nSPS) is 23.5. The first-order valence-electron chi connectivity index (χ1n) is 6.08. The van der Waals surface area contributed by atoms with Crippen molar-refractivity contribution in [3.8, 4) is 0 Å². The molecule has 0 saturated carbocycles. The zero-order chi connectivity index (χ0) is 14.2. The van der Waals surface area contributed by atoms with Gasteiger partial charge in [-0.2, -0.15) is 0 Å². The van der Waals surface area contributed by atoms with Crippen molar-refractivity contribution in [2.45, 2.75) is 26.1 Å². The van der Waals surface area contributed by atoms with E-state index < -0.39 is 23.1 Å². The highest BCUT2D eigenvalue weighted by atomic mass is 19.1. The van der Waals surface area contributed by atoms with Crippen molar-refractivity contribution in [2.24, 2.45) is 0 Å². The number of ether oxygens (including phenoxy) is 1. The number of anilines is 1. The molecule has 1 aromatic rings. The molecule has 0 radical (unpaired) electrons. The lowest BCUT2D eigenvalue weighted by molar-refractivity contribution is -0.0588. The molecule has 1 aliphatic heterocycles. The summed E-state index contributed by atoms with van der Waals surface area (Å²) in [4.78, 5) is 13.6. The van der Waals surface area contributed by atoms with Gasteiger partial charge < -0.3 is 15.4 Å². The molecule has 1 amide bonds. The topological polar surface area (TPSA) is 55.6 Å². The van der Waals surface area contributed by atoms with Crippen LogP contribution in [-0.2, 0) is 4.74 Å². The Labute approximate surface area is 110 Å². The Balaban J connectivity index is 2.32. The molecule has 6 heteroatoms. The number of hydrogen-bond acceptors (Lipinski definition) is 3. The summed E-state index contributed by atoms with van der Waals surface area (Å²) >= 11 is 0. The number of halogens is 2. The minimum absolute atomic E-state index is 0.167. The van der Waals surface area contributed by atoms with Gasteiger partial charge in [0.15, 0.2) is 5.82 Å². The minimum atomic E-state index is -1.00. The third-order valence-electron chi connectivity index (χ3n) is 3.04. The average Bonchev–Trinajstić information content (AvgIpc) is 2.33. The van der Waals surface area contributed by atoms with E-state index in [9.17, 15) is 13.6 Å². The first-order chi connectivity index (χ1) is 8.90. The van der Waals surface area contributed by atoms with Crippen molar-refractivity contribution in [3.63, 3.8) is 0 Å². The summed E-state index contributed by atoms with van der Waals surface area (Å²) in [6.07, 6.45) is -0.334. The Morgan fingerprint density at radius 1 is 1.32 bits per heavy atom. The second kappa shape index (κ2) is 5.13. The van der Waals surface area contributed by atoms with Gasteiger partial charge in [-0.3, -0.25) is 4.79 Å². The third-order valence-corrected chi connectivity index (χ3v) is 3.04. The molecule has 104 valence electrons. The quantitative estimate of drug-likeness (QED) is 0.792. The van der Waals surface area contributed by atoms with Crippen molar-refractivity contribution in [1.82, 2.24) is 4.90 Å². The second-order valence-electron chi connectivity index (χ2n) is 4.79. The van der Waals surface area contributed by atoms with E-state index in [4.69, 9.17) is 10.5 Å². The fraction of sp³-hybridized carbons (Fsp3) is 0.462. The van der Waals surface area contributed by atoms with Crippen LogP contribution in [0, 0.1) is 11.6 Å². The van der Waals surface area contributed by atoms with Crippen molar-refractivity contribution in [2.75, 3.05) is 18.8 Å². The molecule has 1 aromatic carbocycles. The highest BCUT2D eigenvalue weighted by molar-refractivity contribution is 5.95. The standard InChI is InChI=1S/C13H16F2N2O2/c1-7-5-17(6-8(2)19-7)13(18)11-9(14)3-4-10(16)12(11)15/h3-4,7-8H,5-6,16H2,1-2H3. The molecule has 4 nitrogen and oxygen atoms in total. The zero-order valence-corrected chi connectivity index (χ0v) is 10.8. The van der Waals surface area contributed by atoms with Crippen molar-refractivity contribution >= 4 is 11.6 Å². The van der Waals surface area contributed by atoms with Crippen LogP contribution in [0.2, 0.25) is 0 Å². The predicted molar refractivity (Wildman–Crippen MR) is 66.7 cm³/mol. The zero-order valence-electron chi connectivity index (χ0n) is 10.8. The number of carbonyl (C=O) groups excluding carboxylic acids is 1. The van der Waals surface area contributed by atoms with Crippen LogP contribution in [0.5, 0.6) is 0 Å². The smallest absolute Gasteiger partial charge is 0.260 e. The fourth-order valence-corrected chi connectivity index (χ4v) is 2.27. The van der Waals surface area contributed by atoms with Gasteiger partial charge >= 0.3 is 0 Å². The van der Waals surface area contributed by atoms with E-state index in [2.05, 4.69) is 0 Å². The summed E-state index contributed by atoms with van der Waals surface area (Å²) in [5.74, 6) is -2.59. The van der Waals surface area contributed by atoms with E-state index in [1.165, 1.54) is 4.90 Å². The Morgan fingerprint density at radius 2 is 1.89 bits per heavy atom. The lowest BCUT2D eigenvalue weighted by Gasteiger charge is -2.35. The molecule has 1 heterocycles. The van der Waals surface area contributed by atoms with Gasteiger partial charge in [-0.25, -0.2) is 8.78 Å².